The number of carboxylic acid groups (broad SMARTS) is 4. The molecule has 0 fully saturated rings. The van der Waals surface area contributed by atoms with Crippen molar-refractivity contribution in [1.82, 2.24) is 0 Å². The number of carbonyl (C=O) groups is 4. The van der Waals surface area contributed by atoms with Crippen LogP contribution in [0.5, 0.6) is 0 Å². The molecule has 0 saturated carbocycles. The van der Waals surface area contributed by atoms with Gasteiger partial charge in [0.1, 0.15) is 0 Å². The van der Waals surface area contributed by atoms with Gasteiger partial charge in [0.05, 0.1) is 23.9 Å². The summed E-state index contributed by atoms with van der Waals surface area (Å²) < 4.78 is 0. The van der Waals surface area contributed by atoms with E-state index in [1.54, 1.807) is 48.5 Å². The van der Waals surface area contributed by atoms with E-state index < -0.39 is 23.9 Å². The van der Waals surface area contributed by atoms with Gasteiger partial charge in [-0.25, -0.2) is 0 Å². The molecule has 0 aliphatic carbocycles. The number of aryl methyl sites for hydroxylation is 4. The minimum absolute atomic E-state index is 0. The van der Waals surface area contributed by atoms with Crippen LogP contribution in [0.4, 0.5) is 0 Å². The van der Waals surface area contributed by atoms with E-state index in [1.165, 1.54) is 279 Å². The van der Waals surface area contributed by atoms with Gasteiger partial charge in [0.15, 0.2) is 0 Å². The molecule has 0 amide bonds. The topological polar surface area (TPSA) is 161 Å². The standard InChI is InChI=1S/4C19H30O2.Mo/c4*1-2-3-4-5-6-7-8-9-10-11-12-17-13-15-18(16-14-17)19(20)21;/h4*13-16H,2-12H2,1H3,(H,20,21);/q;;;;+4/p-4. The first-order valence-electron chi connectivity index (χ1n) is 34.2. The van der Waals surface area contributed by atoms with Crippen molar-refractivity contribution in [3.05, 3.63) is 142 Å². The molecule has 0 N–H and O–H groups in total. The summed E-state index contributed by atoms with van der Waals surface area (Å²) in [6.45, 7) is 9.02. The monoisotopic (exact) mass is 1250 g/mol. The van der Waals surface area contributed by atoms with Gasteiger partial charge < -0.3 is 39.6 Å². The van der Waals surface area contributed by atoms with Crippen LogP contribution in [0.1, 0.15) is 348 Å². The fourth-order valence-electron chi connectivity index (χ4n) is 10.5. The van der Waals surface area contributed by atoms with E-state index >= 15 is 0 Å². The predicted molar refractivity (Wildman–Crippen MR) is 345 cm³/mol. The molecule has 0 heterocycles. The van der Waals surface area contributed by atoms with Crippen LogP contribution in [0.2, 0.25) is 0 Å². The zero-order chi connectivity index (χ0) is 61.4. The number of carbonyl (C=O) groups excluding carboxylic acids is 4. The van der Waals surface area contributed by atoms with Gasteiger partial charge in [-0.05, 0) is 95.9 Å². The minimum Gasteiger partial charge on any atom is -0.545 e. The van der Waals surface area contributed by atoms with Crippen molar-refractivity contribution in [3.8, 4) is 0 Å². The van der Waals surface area contributed by atoms with Crippen molar-refractivity contribution in [3.63, 3.8) is 0 Å². The zero-order valence-electron chi connectivity index (χ0n) is 54.0. The van der Waals surface area contributed by atoms with Crippen LogP contribution < -0.4 is 20.4 Å². The van der Waals surface area contributed by atoms with Crippen LogP contribution >= 0.6 is 0 Å². The molecule has 4 aromatic carbocycles. The summed E-state index contributed by atoms with van der Waals surface area (Å²) in [6, 6.07) is 28.3. The Morgan fingerprint density at radius 1 is 0.212 bits per heavy atom. The third-order valence-electron chi connectivity index (χ3n) is 16.0. The number of carboxylic acids is 4. The molecule has 0 saturated heterocycles. The van der Waals surface area contributed by atoms with E-state index in [-0.39, 0.29) is 43.3 Å². The maximum absolute atomic E-state index is 10.6. The van der Waals surface area contributed by atoms with Gasteiger partial charge in [-0.15, -0.1) is 0 Å². The Labute approximate surface area is 533 Å². The Hall–Kier alpha value is -4.55. The molecule has 0 radical (unpaired) electrons. The molecule has 4 rings (SSSR count). The first-order chi connectivity index (χ1) is 40.9. The Morgan fingerprint density at radius 2 is 0.329 bits per heavy atom. The average molecular weight is 1250 g/mol. The maximum atomic E-state index is 10.6. The van der Waals surface area contributed by atoms with Gasteiger partial charge >= 0.3 is 21.1 Å². The minimum atomic E-state index is -1.10. The Bertz CT molecular complexity index is 1840. The summed E-state index contributed by atoms with van der Waals surface area (Å²) in [5.41, 5.74) is 5.95. The van der Waals surface area contributed by atoms with Gasteiger partial charge in [0.25, 0.3) is 0 Å². The maximum Gasteiger partial charge on any atom is 4.00 e. The second-order valence-electron chi connectivity index (χ2n) is 23.7. The molecule has 0 aromatic heterocycles. The van der Waals surface area contributed by atoms with Crippen LogP contribution in [0, 0.1) is 0 Å². The molecule has 474 valence electrons. The summed E-state index contributed by atoms with van der Waals surface area (Å²) in [5.74, 6) is -4.39. The number of rotatable bonds is 48. The molecule has 0 aliphatic heterocycles. The van der Waals surface area contributed by atoms with Crippen LogP contribution in [0.3, 0.4) is 0 Å². The van der Waals surface area contributed by atoms with Crippen molar-refractivity contribution in [2.75, 3.05) is 0 Å². The third kappa shape index (κ3) is 48.2. The summed E-state index contributed by atoms with van der Waals surface area (Å²) in [6.07, 6.45) is 57.9. The van der Waals surface area contributed by atoms with E-state index in [4.69, 9.17) is 0 Å². The summed E-state index contributed by atoms with van der Waals surface area (Å²) in [7, 11) is 0. The second-order valence-corrected chi connectivity index (χ2v) is 23.7. The molecule has 8 nitrogen and oxygen atoms in total. The second kappa shape index (κ2) is 58.5. The van der Waals surface area contributed by atoms with Gasteiger partial charge in [0, 0.05) is 0 Å². The van der Waals surface area contributed by atoms with Crippen LogP contribution in [-0.4, -0.2) is 23.9 Å². The van der Waals surface area contributed by atoms with E-state index in [1.807, 2.05) is 48.5 Å². The average Bonchev–Trinajstić information content (AvgIpc) is 3.53. The first-order valence-corrected chi connectivity index (χ1v) is 34.2. The van der Waals surface area contributed by atoms with E-state index in [0.717, 1.165) is 25.7 Å². The number of hydrogen-bond acceptors (Lipinski definition) is 8. The van der Waals surface area contributed by atoms with E-state index in [0.29, 0.717) is 0 Å². The molecule has 85 heavy (non-hydrogen) atoms. The fraction of sp³-hybridized carbons (Fsp3) is 0.632. The molecule has 9 heteroatoms. The van der Waals surface area contributed by atoms with Crippen LogP contribution in [-0.2, 0) is 46.7 Å². The van der Waals surface area contributed by atoms with Gasteiger partial charge in [-0.1, -0.05) is 356 Å². The smallest absolute Gasteiger partial charge is 0.545 e. The number of benzene rings is 4. The van der Waals surface area contributed by atoms with Crippen molar-refractivity contribution in [2.24, 2.45) is 0 Å². The summed E-state index contributed by atoms with van der Waals surface area (Å²) in [4.78, 5) is 42.6. The largest absolute Gasteiger partial charge is 4.00 e. The summed E-state index contributed by atoms with van der Waals surface area (Å²) >= 11 is 0. The molecule has 4 aromatic rings. The number of unbranched alkanes of at least 4 members (excludes halogenated alkanes) is 36. The summed E-state index contributed by atoms with van der Waals surface area (Å²) in [5, 5.41) is 42.6. The first kappa shape index (κ1) is 80.4. The Morgan fingerprint density at radius 3 is 0.447 bits per heavy atom. The number of hydrogen-bond donors (Lipinski definition) is 0. The molecule has 0 spiro atoms. The molecule has 0 aliphatic rings. The van der Waals surface area contributed by atoms with Crippen LogP contribution in [0.25, 0.3) is 0 Å². The van der Waals surface area contributed by atoms with Crippen molar-refractivity contribution in [1.29, 1.82) is 0 Å². The normalized spacial score (nSPS) is 10.6. The number of aromatic carboxylic acids is 4. The van der Waals surface area contributed by atoms with E-state index in [9.17, 15) is 39.6 Å². The third-order valence-corrected chi connectivity index (χ3v) is 16.0. The molecule has 0 unspecified atom stereocenters. The quantitative estimate of drug-likeness (QED) is 0.0312. The van der Waals surface area contributed by atoms with Gasteiger partial charge in [-0.2, -0.15) is 0 Å². The molecule has 0 atom stereocenters. The Kier molecular flexibility index (Phi) is 55.3. The van der Waals surface area contributed by atoms with Gasteiger partial charge in [-0.3, -0.25) is 0 Å². The van der Waals surface area contributed by atoms with Crippen molar-refractivity contribution >= 4 is 23.9 Å². The van der Waals surface area contributed by atoms with Crippen molar-refractivity contribution in [2.45, 2.75) is 310 Å². The van der Waals surface area contributed by atoms with Crippen LogP contribution in [0.15, 0.2) is 97.1 Å². The SMILES string of the molecule is CCCCCCCCCCCCc1ccc(C(=O)[O-])cc1.CCCCCCCCCCCCc1ccc(C(=O)[O-])cc1.CCCCCCCCCCCCc1ccc(C(=O)[O-])cc1.CCCCCCCCCCCCc1ccc(C(=O)[O-])cc1.[Mo+4]. The van der Waals surface area contributed by atoms with E-state index in [2.05, 4.69) is 27.7 Å². The fourth-order valence-corrected chi connectivity index (χ4v) is 10.5. The van der Waals surface area contributed by atoms with Gasteiger partial charge in [0.2, 0.25) is 0 Å². The molecular weight excluding hydrogens is 1140 g/mol. The molecular formula is C76H116MoO8. The molecule has 0 bridgehead atoms. The Balaban J connectivity index is 0.00000110. The zero-order valence-corrected chi connectivity index (χ0v) is 56.0. The van der Waals surface area contributed by atoms with Crippen molar-refractivity contribution < 1.29 is 60.7 Å². The predicted octanol–water partition coefficient (Wildman–Crippen LogP) is 18.1.